The number of nitrogens with one attached hydrogen (secondary N) is 1. The summed E-state index contributed by atoms with van der Waals surface area (Å²) in [5.41, 5.74) is 1.12. The van der Waals surface area contributed by atoms with Crippen LogP contribution >= 0.6 is 22.9 Å². The van der Waals surface area contributed by atoms with E-state index in [4.69, 9.17) is 11.6 Å². The summed E-state index contributed by atoms with van der Waals surface area (Å²) in [5, 5.41) is 18.4. The third-order valence-corrected chi connectivity index (χ3v) is 4.46. The van der Waals surface area contributed by atoms with Crippen LogP contribution in [0.3, 0.4) is 0 Å². The Morgan fingerprint density at radius 3 is 2.83 bits per heavy atom. The molecular formula is C11H16ClN5S. The maximum atomic E-state index is 6.32. The fourth-order valence-corrected chi connectivity index (χ4v) is 3.18. The summed E-state index contributed by atoms with van der Waals surface area (Å²) in [6.45, 7) is 4.97. The van der Waals surface area contributed by atoms with Crippen LogP contribution < -0.4 is 5.32 Å². The molecule has 0 aliphatic carbocycles. The zero-order valence-electron chi connectivity index (χ0n) is 10.6. The van der Waals surface area contributed by atoms with Crippen molar-refractivity contribution in [2.75, 3.05) is 6.54 Å². The molecule has 0 bridgehead atoms. The molecule has 0 radical (unpaired) electrons. The Hall–Kier alpha value is -0.980. The van der Waals surface area contributed by atoms with E-state index in [9.17, 15) is 0 Å². The van der Waals surface area contributed by atoms with Crippen LogP contribution in [0.4, 0.5) is 0 Å². The Morgan fingerprint density at radius 1 is 1.56 bits per heavy atom. The number of halogens is 1. The van der Waals surface area contributed by atoms with E-state index in [-0.39, 0.29) is 6.04 Å². The second kappa shape index (κ2) is 5.77. The number of nitrogens with zero attached hydrogens (tertiary/aromatic N) is 4. The molecule has 1 unspecified atom stereocenters. The molecule has 5 nitrogen and oxygen atoms in total. The van der Waals surface area contributed by atoms with Crippen molar-refractivity contribution in [1.82, 2.24) is 25.5 Å². The number of likely N-dealkylation sites (N-methyl/N-ethyl adjacent to an activating group) is 1. The number of aryl methyl sites for hydroxylation is 2. The summed E-state index contributed by atoms with van der Waals surface area (Å²) in [5.74, 6) is 0.727. The lowest BCUT2D eigenvalue weighted by Crippen LogP contribution is -2.23. The molecule has 2 rings (SSSR count). The molecule has 0 spiro atoms. The minimum absolute atomic E-state index is 0.144. The zero-order valence-corrected chi connectivity index (χ0v) is 12.2. The highest BCUT2D eigenvalue weighted by molar-refractivity contribution is 7.10. The van der Waals surface area contributed by atoms with E-state index < -0.39 is 0 Å². The normalized spacial score (nSPS) is 12.9. The molecule has 2 heterocycles. The van der Waals surface area contributed by atoms with Crippen LogP contribution in [0, 0.1) is 6.92 Å². The van der Waals surface area contributed by atoms with Crippen molar-refractivity contribution in [3.63, 3.8) is 0 Å². The van der Waals surface area contributed by atoms with Crippen LogP contribution in [0.25, 0.3) is 0 Å². The fraction of sp³-hybridized carbons (Fsp3) is 0.545. The standard InChI is InChI=1S/C11H16ClN5S/c1-4-13-8(5-9-14-16-17(3)15-9)11-10(12)7(2)6-18-11/h6,8,13H,4-5H2,1-3H3. The van der Waals surface area contributed by atoms with Gasteiger partial charge in [-0.3, -0.25) is 0 Å². The largest absolute Gasteiger partial charge is 0.309 e. The molecule has 0 aromatic carbocycles. The SMILES string of the molecule is CCNC(Cc1nnn(C)n1)c1scc(C)c1Cl. The van der Waals surface area contributed by atoms with Crippen molar-refractivity contribution in [1.29, 1.82) is 0 Å². The van der Waals surface area contributed by atoms with Gasteiger partial charge in [0, 0.05) is 11.3 Å². The van der Waals surface area contributed by atoms with E-state index in [1.807, 2.05) is 6.92 Å². The number of rotatable bonds is 5. The van der Waals surface area contributed by atoms with Gasteiger partial charge in [0.2, 0.25) is 0 Å². The minimum Gasteiger partial charge on any atom is -0.309 e. The van der Waals surface area contributed by atoms with Crippen LogP contribution in [0.2, 0.25) is 5.02 Å². The molecule has 7 heteroatoms. The molecule has 0 saturated carbocycles. The predicted octanol–water partition coefficient (Wildman–Crippen LogP) is 2.13. The summed E-state index contributed by atoms with van der Waals surface area (Å²) >= 11 is 7.99. The van der Waals surface area contributed by atoms with E-state index in [0.717, 1.165) is 27.8 Å². The quantitative estimate of drug-likeness (QED) is 0.914. The third kappa shape index (κ3) is 2.88. The van der Waals surface area contributed by atoms with Crippen LogP contribution in [0.1, 0.15) is 29.2 Å². The van der Waals surface area contributed by atoms with Gasteiger partial charge in [0.15, 0.2) is 5.82 Å². The van der Waals surface area contributed by atoms with Gasteiger partial charge in [-0.05, 0) is 29.6 Å². The van der Waals surface area contributed by atoms with Gasteiger partial charge in [-0.25, -0.2) is 0 Å². The highest BCUT2D eigenvalue weighted by atomic mass is 35.5. The van der Waals surface area contributed by atoms with Crippen molar-refractivity contribution >= 4 is 22.9 Å². The molecule has 1 atom stereocenters. The first-order chi connectivity index (χ1) is 8.61. The fourth-order valence-electron chi connectivity index (χ4n) is 1.78. The monoisotopic (exact) mass is 285 g/mol. The van der Waals surface area contributed by atoms with E-state index in [0.29, 0.717) is 6.42 Å². The summed E-state index contributed by atoms with van der Waals surface area (Å²) in [6, 6.07) is 0.144. The second-order valence-electron chi connectivity index (χ2n) is 4.11. The Morgan fingerprint density at radius 2 is 2.33 bits per heavy atom. The van der Waals surface area contributed by atoms with Crippen molar-refractivity contribution in [3.8, 4) is 0 Å². The Bertz CT molecular complexity index is 521. The van der Waals surface area contributed by atoms with Crippen molar-refractivity contribution in [2.24, 2.45) is 7.05 Å². The average molecular weight is 286 g/mol. The number of hydrogen-bond donors (Lipinski definition) is 1. The van der Waals surface area contributed by atoms with Crippen molar-refractivity contribution < 1.29 is 0 Å². The van der Waals surface area contributed by atoms with Gasteiger partial charge in [-0.15, -0.1) is 21.5 Å². The first-order valence-corrected chi connectivity index (χ1v) is 7.07. The predicted molar refractivity (Wildman–Crippen MR) is 73.0 cm³/mol. The topological polar surface area (TPSA) is 55.6 Å². The Labute approximate surface area is 115 Å². The van der Waals surface area contributed by atoms with Gasteiger partial charge in [-0.1, -0.05) is 18.5 Å². The van der Waals surface area contributed by atoms with Gasteiger partial charge < -0.3 is 5.32 Å². The number of aromatic nitrogens is 4. The summed E-state index contributed by atoms with van der Waals surface area (Å²) < 4.78 is 0. The molecule has 2 aromatic rings. The zero-order chi connectivity index (χ0) is 13.1. The van der Waals surface area contributed by atoms with Gasteiger partial charge in [-0.2, -0.15) is 4.80 Å². The molecule has 0 aliphatic rings. The highest BCUT2D eigenvalue weighted by Crippen LogP contribution is 2.33. The van der Waals surface area contributed by atoms with Crippen LogP contribution in [0.5, 0.6) is 0 Å². The van der Waals surface area contributed by atoms with Gasteiger partial charge >= 0.3 is 0 Å². The number of hydrogen-bond acceptors (Lipinski definition) is 5. The van der Waals surface area contributed by atoms with E-state index in [2.05, 4.69) is 33.0 Å². The summed E-state index contributed by atoms with van der Waals surface area (Å²) in [7, 11) is 1.76. The van der Waals surface area contributed by atoms with Crippen molar-refractivity contribution in [2.45, 2.75) is 26.3 Å². The average Bonchev–Trinajstić information content (AvgIpc) is 2.87. The molecule has 1 N–H and O–H groups in total. The maximum Gasteiger partial charge on any atom is 0.176 e. The smallest absolute Gasteiger partial charge is 0.176 e. The Kier molecular flexibility index (Phi) is 4.31. The lowest BCUT2D eigenvalue weighted by Gasteiger charge is -2.15. The number of thiophene rings is 1. The lowest BCUT2D eigenvalue weighted by atomic mass is 10.1. The first-order valence-electron chi connectivity index (χ1n) is 5.81. The first kappa shape index (κ1) is 13.5. The molecule has 98 valence electrons. The molecule has 0 amide bonds. The Balaban J connectivity index is 2.20. The minimum atomic E-state index is 0.144. The van der Waals surface area contributed by atoms with Gasteiger partial charge in [0.25, 0.3) is 0 Å². The van der Waals surface area contributed by atoms with Gasteiger partial charge in [0.05, 0.1) is 18.1 Å². The van der Waals surface area contributed by atoms with E-state index in [1.54, 1.807) is 18.4 Å². The van der Waals surface area contributed by atoms with Crippen LogP contribution in [-0.4, -0.2) is 26.8 Å². The highest BCUT2D eigenvalue weighted by Gasteiger charge is 2.19. The van der Waals surface area contributed by atoms with Crippen LogP contribution in [0.15, 0.2) is 5.38 Å². The lowest BCUT2D eigenvalue weighted by molar-refractivity contribution is 0.542. The summed E-state index contributed by atoms with van der Waals surface area (Å²) in [6.07, 6.45) is 0.696. The van der Waals surface area contributed by atoms with E-state index in [1.165, 1.54) is 4.80 Å². The molecule has 18 heavy (non-hydrogen) atoms. The van der Waals surface area contributed by atoms with Gasteiger partial charge in [0.1, 0.15) is 0 Å². The number of tetrazole rings is 1. The van der Waals surface area contributed by atoms with E-state index >= 15 is 0 Å². The molecule has 0 aliphatic heterocycles. The molecule has 0 fully saturated rings. The van der Waals surface area contributed by atoms with Crippen LogP contribution in [-0.2, 0) is 13.5 Å². The molecule has 2 aromatic heterocycles. The van der Waals surface area contributed by atoms with Crippen molar-refractivity contribution in [3.05, 3.63) is 26.7 Å². The molecule has 0 saturated heterocycles. The molecular weight excluding hydrogens is 270 g/mol. The third-order valence-electron chi connectivity index (χ3n) is 2.63. The summed E-state index contributed by atoms with van der Waals surface area (Å²) in [4.78, 5) is 2.61. The maximum absolute atomic E-state index is 6.32. The second-order valence-corrected chi connectivity index (χ2v) is 5.40.